The fraction of sp³-hybridized carbons (Fsp3) is 0.333. The first-order valence-electron chi connectivity index (χ1n) is 4.06. The molecule has 0 spiro atoms. The first-order valence-corrected chi connectivity index (χ1v) is 4.06. The van der Waals surface area contributed by atoms with Gasteiger partial charge in [-0.25, -0.2) is 9.78 Å². The number of hydrogen-bond donors (Lipinski definition) is 2. The first-order chi connectivity index (χ1) is 6.42. The molecule has 5 nitrogen and oxygen atoms in total. The highest BCUT2D eigenvalue weighted by atomic mass is 16.5. The standard InChI is InChI=1S/C9H12N2O3/c1-9(2,8(12)13)14-6-3-4-7(10)11-5-6/h3-5H,1-2H3,(H2,10,11)(H,12,13). The number of nitrogen functional groups attached to an aromatic ring is 1. The summed E-state index contributed by atoms with van der Waals surface area (Å²) in [5, 5.41) is 8.79. The summed E-state index contributed by atoms with van der Waals surface area (Å²) in [6.45, 7) is 2.93. The molecule has 3 N–H and O–H groups in total. The third-order valence-electron chi connectivity index (χ3n) is 1.65. The van der Waals surface area contributed by atoms with E-state index in [2.05, 4.69) is 4.98 Å². The summed E-state index contributed by atoms with van der Waals surface area (Å²) in [6, 6.07) is 3.13. The Balaban J connectivity index is 2.79. The quantitative estimate of drug-likeness (QED) is 0.750. The highest BCUT2D eigenvalue weighted by Crippen LogP contribution is 2.17. The molecule has 0 aliphatic heterocycles. The summed E-state index contributed by atoms with van der Waals surface area (Å²) < 4.78 is 5.20. The van der Waals surface area contributed by atoms with Gasteiger partial charge in [-0.15, -0.1) is 0 Å². The molecule has 0 radical (unpaired) electrons. The van der Waals surface area contributed by atoms with Crippen LogP contribution in [0.1, 0.15) is 13.8 Å². The SMILES string of the molecule is CC(C)(Oc1ccc(N)nc1)C(=O)O. The van der Waals surface area contributed by atoms with E-state index < -0.39 is 11.6 Å². The Hall–Kier alpha value is -1.78. The zero-order chi connectivity index (χ0) is 10.8. The van der Waals surface area contributed by atoms with E-state index in [-0.39, 0.29) is 0 Å². The fourth-order valence-corrected chi connectivity index (χ4v) is 0.790. The fourth-order valence-electron chi connectivity index (χ4n) is 0.790. The Labute approximate surface area is 81.5 Å². The lowest BCUT2D eigenvalue weighted by molar-refractivity contribution is -0.152. The van der Waals surface area contributed by atoms with Gasteiger partial charge in [-0.3, -0.25) is 0 Å². The van der Waals surface area contributed by atoms with Crippen LogP contribution < -0.4 is 10.5 Å². The van der Waals surface area contributed by atoms with E-state index in [0.29, 0.717) is 11.6 Å². The summed E-state index contributed by atoms with van der Waals surface area (Å²) in [4.78, 5) is 14.5. The van der Waals surface area contributed by atoms with Crippen LogP contribution in [-0.2, 0) is 4.79 Å². The van der Waals surface area contributed by atoms with Crippen molar-refractivity contribution in [1.82, 2.24) is 4.98 Å². The second-order valence-corrected chi connectivity index (χ2v) is 3.34. The van der Waals surface area contributed by atoms with Crippen LogP contribution in [0.3, 0.4) is 0 Å². The number of nitrogens with zero attached hydrogens (tertiary/aromatic N) is 1. The lowest BCUT2D eigenvalue weighted by atomic mass is 10.1. The zero-order valence-electron chi connectivity index (χ0n) is 8.02. The van der Waals surface area contributed by atoms with E-state index in [4.69, 9.17) is 15.6 Å². The van der Waals surface area contributed by atoms with Crippen LogP contribution in [0, 0.1) is 0 Å². The lowest BCUT2D eigenvalue weighted by Gasteiger charge is -2.20. The highest BCUT2D eigenvalue weighted by Gasteiger charge is 2.29. The van der Waals surface area contributed by atoms with Gasteiger partial charge in [0.25, 0.3) is 0 Å². The molecule has 0 saturated carbocycles. The minimum absolute atomic E-state index is 0.366. The van der Waals surface area contributed by atoms with Crippen LogP contribution in [-0.4, -0.2) is 21.7 Å². The monoisotopic (exact) mass is 196 g/mol. The third kappa shape index (κ3) is 2.35. The molecule has 14 heavy (non-hydrogen) atoms. The predicted octanol–water partition coefficient (Wildman–Crippen LogP) is 0.906. The number of carboxylic acids is 1. The Morgan fingerprint density at radius 3 is 2.64 bits per heavy atom. The Morgan fingerprint density at radius 2 is 2.21 bits per heavy atom. The van der Waals surface area contributed by atoms with Crippen LogP contribution >= 0.6 is 0 Å². The Morgan fingerprint density at radius 1 is 1.57 bits per heavy atom. The van der Waals surface area contributed by atoms with Crippen molar-refractivity contribution >= 4 is 11.8 Å². The van der Waals surface area contributed by atoms with Gasteiger partial charge in [0.2, 0.25) is 0 Å². The van der Waals surface area contributed by atoms with Crippen molar-refractivity contribution in [2.45, 2.75) is 19.4 Å². The van der Waals surface area contributed by atoms with E-state index in [1.54, 1.807) is 12.1 Å². The van der Waals surface area contributed by atoms with Crippen molar-refractivity contribution in [2.75, 3.05) is 5.73 Å². The van der Waals surface area contributed by atoms with Crippen molar-refractivity contribution in [3.8, 4) is 5.75 Å². The smallest absolute Gasteiger partial charge is 0.347 e. The predicted molar refractivity (Wildman–Crippen MR) is 51.0 cm³/mol. The van der Waals surface area contributed by atoms with Crippen molar-refractivity contribution in [3.63, 3.8) is 0 Å². The second kappa shape index (κ2) is 3.53. The summed E-state index contributed by atoms with van der Waals surface area (Å²) >= 11 is 0. The van der Waals surface area contributed by atoms with Crippen LogP contribution in [0.15, 0.2) is 18.3 Å². The van der Waals surface area contributed by atoms with Gasteiger partial charge < -0.3 is 15.6 Å². The zero-order valence-corrected chi connectivity index (χ0v) is 8.02. The number of pyridine rings is 1. The molecule has 0 saturated heterocycles. The minimum Gasteiger partial charge on any atom is -0.478 e. The Kier molecular flexibility index (Phi) is 2.60. The largest absolute Gasteiger partial charge is 0.478 e. The number of ether oxygens (including phenoxy) is 1. The molecule has 0 fully saturated rings. The number of aromatic nitrogens is 1. The van der Waals surface area contributed by atoms with E-state index in [1.165, 1.54) is 20.0 Å². The maximum absolute atomic E-state index is 10.7. The van der Waals surface area contributed by atoms with E-state index in [9.17, 15) is 4.79 Å². The number of anilines is 1. The molecule has 5 heteroatoms. The molecule has 0 atom stereocenters. The molecule has 1 aromatic rings. The van der Waals surface area contributed by atoms with Crippen molar-refractivity contribution < 1.29 is 14.6 Å². The van der Waals surface area contributed by atoms with Crippen molar-refractivity contribution in [3.05, 3.63) is 18.3 Å². The molecule has 0 bridgehead atoms. The van der Waals surface area contributed by atoms with Crippen LogP contribution in [0.2, 0.25) is 0 Å². The number of aliphatic carboxylic acids is 1. The van der Waals surface area contributed by atoms with E-state index in [0.717, 1.165) is 0 Å². The number of carbonyl (C=O) groups is 1. The van der Waals surface area contributed by atoms with Gasteiger partial charge in [-0.2, -0.15) is 0 Å². The van der Waals surface area contributed by atoms with Gasteiger partial charge in [0.05, 0.1) is 6.20 Å². The molecule has 1 heterocycles. The average molecular weight is 196 g/mol. The average Bonchev–Trinajstić information content (AvgIpc) is 2.08. The van der Waals surface area contributed by atoms with Crippen LogP contribution in [0.25, 0.3) is 0 Å². The van der Waals surface area contributed by atoms with Gasteiger partial charge >= 0.3 is 5.97 Å². The molecule has 0 unspecified atom stereocenters. The molecule has 0 amide bonds. The number of rotatable bonds is 3. The third-order valence-corrected chi connectivity index (χ3v) is 1.65. The number of hydrogen-bond acceptors (Lipinski definition) is 4. The summed E-state index contributed by atoms with van der Waals surface area (Å²) in [6.07, 6.45) is 1.39. The maximum Gasteiger partial charge on any atom is 0.347 e. The van der Waals surface area contributed by atoms with E-state index >= 15 is 0 Å². The molecule has 0 aliphatic carbocycles. The molecule has 1 aromatic heterocycles. The molecule has 76 valence electrons. The lowest BCUT2D eigenvalue weighted by Crippen LogP contribution is -2.37. The highest BCUT2D eigenvalue weighted by molar-refractivity contribution is 5.76. The van der Waals surface area contributed by atoms with Crippen molar-refractivity contribution in [2.24, 2.45) is 0 Å². The van der Waals surface area contributed by atoms with Gasteiger partial charge in [0, 0.05) is 0 Å². The van der Waals surface area contributed by atoms with Gasteiger partial charge in [-0.05, 0) is 26.0 Å². The summed E-state index contributed by atoms with van der Waals surface area (Å²) in [5.41, 5.74) is 4.10. The topological polar surface area (TPSA) is 85.4 Å². The second-order valence-electron chi connectivity index (χ2n) is 3.34. The molecule has 0 aliphatic rings. The molecule has 0 aromatic carbocycles. The van der Waals surface area contributed by atoms with Crippen LogP contribution in [0.4, 0.5) is 5.82 Å². The van der Waals surface area contributed by atoms with Gasteiger partial charge in [0.15, 0.2) is 5.60 Å². The number of carboxylic acid groups (broad SMARTS) is 1. The molecular formula is C9H12N2O3. The number of nitrogens with two attached hydrogens (primary N) is 1. The van der Waals surface area contributed by atoms with Gasteiger partial charge in [0.1, 0.15) is 11.6 Å². The van der Waals surface area contributed by atoms with Crippen molar-refractivity contribution in [1.29, 1.82) is 0 Å². The normalized spacial score (nSPS) is 11.0. The van der Waals surface area contributed by atoms with E-state index in [1.807, 2.05) is 0 Å². The van der Waals surface area contributed by atoms with Gasteiger partial charge in [-0.1, -0.05) is 0 Å². The maximum atomic E-state index is 10.7. The minimum atomic E-state index is -1.27. The molecule has 1 rings (SSSR count). The van der Waals surface area contributed by atoms with Crippen LogP contribution in [0.5, 0.6) is 5.75 Å². The molecular weight excluding hydrogens is 184 g/mol. The first kappa shape index (κ1) is 10.3. The summed E-state index contributed by atoms with van der Waals surface area (Å²) in [7, 11) is 0. The Bertz CT molecular complexity index is 332. The summed E-state index contributed by atoms with van der Waals surface area (Å²) in [5.74, 6) is -0.286.